The van der Waals surface area contributed by atoms with E-state index in [9.17, 15) is 0 Å². The van der Waals surface area contributed by atoms with Crippen LogP contribution in [0.5, 0.6) is 5.75 Å². The first-order valence-electron chi connectivity index (χ1n) is 5.74. The summed E-state index contributed by atoms with van der Waals surface area (Å²) < 4.78 is 10.5. The van der Waals surface area contributed by atoms with Crippen molar-refractivity contribution < 1.29 is 14.6 Å². The van der Waals surface area contributed by atoms with Crippen molar-refractivity contribution >= 4 is 11.6 Å². The first-order chi connectivity index (χ1) is 8.22. The summed E-state index contributed by atoms with van der Waals surface area (Å²) in [4.78, 5) is 0. The van der Waals surface area contributed by atoms with Gasteiger partial charge < -0.3 is 14.6 Å². The average Bonchev–Trinajstić information content (AvgIpc) is 2.29. The molecule has 3 nitrogen and oxygen atoms in total. The van der Waals surface area contributed by atoms with Gasteiger partial charge in [-0.1, -0.05) is 17.7 Å². The van der Waals surface area contributed by atoms with Crippen LogP contribution in [-0.4, -0.2) is 32.0 Å². The average molecular weight is 257 g/mol. The molecular weight excluding hydrogens is 240 g/mol. The predicted octanol–water partition coefficient (Wildman–Crippen LogP) is 2.39. The number of hydrogen-bond donors (Lipinski definition) is 1. The van der Waals surface area contributed by atoms with Crippen LogP contribution in [0.3, 0.4) is 0 Å². The van der Waals surface area contributed by atoms with Crippen molar-refractivity contribution in [2.24, 2.45) is 0 Å². The quantitative estimate of drug-likeness (QED) is 0.879. The van der Waals surface area contributed by atoms with Gasteiger partial charge in [0.15, 0.2) is 0 Å². The van der Waals surface area contributed by atoms with E-state index in [-0.39, 0.29) is 12.0 Å². The van der Waals surface area contributed by atoms with Crippen LogP contribution in [0.15, 0.2) is 18.2 Å². The van der Waals surface area contributed by atoms with Gasteiger partial charge >= 0.3 is 0 Å². The Morgan fingerprint density at radius 2 is 2.24 bits per heavy atom. The third-order valence-corrected chi connectivity index (χ3v) is 3.63. The molecule has 0 saturated carbocycles. The molecule has 1 fully saturated rings. The van der Waals surface area contributed by atoms with Gasteiger partial charge in [0.25, 0.3) is 0 Å². The third kappa shape index (κ3) is 2.41. The van der Waals surface area contributed by atoms with Crippen molar-refractivity contribution in [2.45, 2.75) is 18.3 Å². The number of methoxy groups -OCH3 is 1. The van der Waals surface area contributed by atoms with Crippen molar-refractivity contribution in [3.05, 3.63) is 28.8 Å². The molecule has 1 aliphatic rings. The maximum Gasteiger partial charge on any atom is 0.120 e. The molecule has 2 rings (SSSR count). The molecule has 1 aromatic rings. The zero-order valence-electron chi connectivity index (χ0n) is 9.91. The smallest absolute Gasteiger partial charge is 0.120 e. The predicted molar refractivity (Wildman–Crippen MR) is 66.8 cm³/mol. The molecule has 0 atom stereocenters. The molecular formula is C13H17ClO3. The molecule has 94 valence electrons. The molecule has 0 aromatic heterocycles. The maximum atomic E-state index is 8.95. The van der Waals surface area contributed by atoms with Crippen molar-refractivity contribution in [3.63, 3.8) is 0 Å². The molecule has 1 heterocycles. The number of rotatable bonds is 5. The molecule has 1 aliphatic heterocycles. The summed E-state index contributed by atoms with van der Waals surface area (Å²) in [6, 6.07) is 5.75. The number of aliphatic hydroxyl groups is 1. The van der Waals surface area contributed by atoms with E-state index in [4.69, 9.17) is 26.2 Å². The molecule has 0 radical (unpaired) electrons. The fourth-order valence-electron chi connectivity index (χ4n) is 2.25. The van der Waals surface area contributed by atoms with Crippen LogP contribution >= 0.6 is 11.6 Å². The van der Waals surface area contributed by atoms with Crippen LogP contribution in [0.1, 0.15) is 18.4 Å². The van der Waals surface area contributed by atoms with Gasteiger partial charge in [-0.25, -0.2) is 0 Å². The number of hydrogen-bond acceptors (Lipinski definition) is 3. The summed E-state index contributed by atoms with van der Waals surface area (Å²) >= 11 is 6.29. The van der Waals surface area contributed by atoms with Crippen molar-refractivity contribution in [3.8, 4) is 5.75 Å². The van der Waals surface area contributed by atoms with Gasteiger partial charge in [0.1, 0.15) is 5.75 Å². The van der Waals surface area contributed by atoms with E-state index >= 15 is 0 Å². The summed E-state index contributed by atoms with van der Waals surface area (Å²) in [7, 11) is 1.62. The Morgan fingerprint density at radius 3 is 2.71 bits per heavy atom. The molecule has 1 N–H and O–H groups in total. The van der Waals surface area contributed by atoms with E-state index in [0.29, 0.717) is 18.2 Å². The van der Waals surface area contributed by atoms with Crippen LogP contribution in [0.2, 0.25) is 5.02 Å². The van der Waals surface area contributed by atoms with E-state index in [1.54, 1.807) is 7.11 Å². The fourth-order valence-corrected chi connectivity index (χ4v) is 2.62. The highest BCUT2D eigenvalue weighted by atomic mass is 35.5. The summed E-state index contributed by atoms with van der Waals surface area (Å²) in [6.07, 6.45) is 1.67. The SMILES string of the molecule is COc1ccc(C2(CCCO)COC2)c(Cl)c1. The van der Waals surface area contributed by atoms with Gasteiger partial charge in [0.05, 0.1) is 20.3 Å². The van der Waals surface area contributed by atoms with Crippen LogP contribution < -0.4 is 4.74 Å². The zero-order valence-corrected chi connectivity index (χ0v) is 10.7. The highest BCUT2D eigenvalue weighted by Crippen LogP contribution is 2.41. The Labute approximate surface area is 106 Å². The minimum absolute atomic E-state index is 0.0217. The number of ether oxygens (including phenoxy) is 2. The third-order valence-electron chi connectivity index (χ3n) is 3.32. The van der Waals surface area contributed by atoms with E-state index in [0.717, 1.165) is 24.2 Å². The largest absolute Gasteiger partial charge is 0.497 e. The van der Waals surface area contributed by atoms with E-state index in [2.05, 4.69) is 0 Å². The molecule has 1 saturated heterocycles. The lowest BCUT2D eigenvalue weighted by atomic mass is 9.75. The van der Waals surface area contributed by atoms with Crippen molar-refractivity contribution in [2.75, 3.05) is 26.9 Å². The molecule has 17 heavy (non-hydrogen) atoms. The van der Waals surface area contributed by atoms with Crippen LogP contribution in [-0.2, 0) is 10.2 Å². The zero-order chi connectivity index (χ0) is 12.3. The van der Waals surface area contributed by atoms with Gasteiger partial charge in [-0.3, -0.25) is 0 Å². The minimum atomic E-state index is -0.0217. The van der Waals surface area contributed by atoms with E-state index in [1.807, 2.05) is 18.2 Å². The second-order valence-electron chi connectivity index (χ2n) is 4.45. The first-order valence-corrected chi connectivity index (χ1v) is 6.12. The molecule has 4 heteroatoms. The van der Waals surface area contributed by atoms with E-state index in [1.165, 1.54) is 0 Å². The highest BCUT2D eigenvalue weighted by Gasteiger charge is 2.41. The topological polar surface area (TPSA) is 38.7 Å². The Bertz CT molecular complexity index is 388. The molecule has 0 spiro atoms. The number of benzene rings is 1. The second-order valence-corrected chi connectivity index (χ2v) is 4.85. The standard InChI is InChI=1S/C13H17ClO3/c1-16-10-3-4-11(12(14)7-10)13(5-2-6-15)8-17-9-13/h3-4,7,15H,2,5-6,8-9H2,1H3. The Morgan fingerprint density at radius 1 is 1.47 bits per heavy atom. The Kier molecular flexibility index (Phi) is 3.92. The Hall–Kier alpha value is -0.770. The van der Waals surface area contributed by atoms with Crippen molar-refractivity contribution in [1.29, 1.82) is 0 Å². The van der Waals surface area contributed by atoms with Gasteiger partial charge in [0, 0.05) is 17.0 Å². The molecule has 0 amide bonds. The van der Waals surface area contributed by atoms with Crippen LogP contribution in [0, 0.1) is 0 Å². The molecule has 0 aliphatic carbocycles. The lowest BCUT2D eigenvalue weighted by Gasteiger charge is -2.42. The van der Waals surface area contributed by atoms with Crippen LogP contribution in [0.4, 0.5) is 0 Å². The summed E-state index contributed by atoms with van der Waals surface area (Å²) in [5.74, 6) is 0.760. The van der Waals surface area contributed by atoms with Gasteiger partial charge in [0.2, 0.25) is 0 Å². The van der Waals surface area contributed by atoms with Crippen molar-refractivity contribution in [1.82, 2.24) is 0 Å². The lowest BCUT2D eigenvalue weighted by molar-refractivity contribution is -0.0664. The normalized spacial score (nSPS) is 17.6. The van der Waals surface area contributed by atoms with Gasteiger partial charge in [-0.05, 0) is 30.5 Å². The molecule has 0 unspecified atom stereocenters. The lowest BCUT2D eigenvalue weighted by Crippen LogP contribution is -2.47. The van der Waals surface area contributed by atoms with E-state index < -0.39 is 0 Å². The minimum Gasteiger partial charge on any atom is -0.497 e. The second kappa shape index (κ2) is 5.25. The Balaban J connectivity index is 2.24. The summed E-state index contributed by atoms with van der Waals surface area (Å²) in [5.41, 5.74) is 1.08. The first kappa shape index (κ1) is 12.7. The maximum absolute atomic E-state index is 8.95. The van der Waals surface area contributed by atoms with Gasteiger partial charge in [-0.2, -0.15) is 0 Å². The van der Waals surface area contributed by atoms with Crippen LogP contribution in [0.25, 0.3) is 0 Å². The number of halogens is 1. The summed E-state index contributed by atoms with van der Waals surface area (Å²) in [6.45, 7) is 1.56. The number of aliphatic hydroxyl groups excluding tert-OH is 1. The molecule has 0 bridgehead atoms. The molecule has 1 aromatic carbocycles. The summed E-state index contributed by atoms with van der Waals surface area (Å²) in [5, 5.41) is 9.67. The van der Waals surface area contributed by atoms with Gasteiger partial charge in [-0.15, -0.1) is 0 Å². The highest BCUT2D eigenvalue weighted by molar-refractivity contribution is 6.31. The fraction of sp³-hybridized carbons (Fsp3) is 0.538. The monoisotopic (exact) mass is 256 g/mol.